The highest BCUT2D eigenvalue weighted by atomic mass is 35.5. The van der Waals surface area contributed by atoms with E-state index in [4.69, 9.17) is 16.3 Å². The molecule has 3 aromatic rings. The summed E-state index contributed by atoms with van der Waals surface area (Å²) in [4.78, 5) is 15.4. The van der Waals surface area contributed by atoms with Crippen LogP contribution in [0.15, 0.2) is 47.6 Å². The van der Waals surface area contributed by atoms with Gasteiger partial charge in [0.15, 0.2) is 11.9 Å². The van der Waals surface area contributed by atoms with E-state index >= 15 is 0 Å². The van der Waals surface area contributed by atoms with Crippen LogP contribution in [0.25, 0.3) is 11.3 Å². The number of para-hydroxylation sites is 1. The third-order valence-corrected chi connectivity index (χ3v) is 5.78. The first-order valence-corrected chi connectivity index (χ1v) is 10.8. The Kier molecular flexibility index (Phi) is 6.01. The molecule has 0 fully saturated rings. The summed E-state index contributed by atoms with van der Waals surface area (Å²) in [6.45, 7) is 2.12. The van der Waals surface area contributed by atoms with Crippen molar-refractivity contribution in [3.8, 4) is 17.1 Å². The van der Waals surface area contributed by atoms with Crippen LogP contribution in [-0.4, -0.2) is 25.9 Å². The van der Waals surface area contributed by atoms with Gasteiger partial charge in [-0.25, -0.2) is 0 Å². The van der Waals surface area contributed by atoms with Crippen molar-refractivity contribution in [3.05, 3.63) is 63.2 Å². The number of nitrogens with zero attached hydrogens (tertiary/aromatic N) is 4. The first kappa shape index (κ1) is 20.4. The molecule has 8 nitrogen and oxygen atoms in total. The smallest absolute Gasteiger partial charge is 0.288 e. The Morgan fingerprint density at radius 1 is 1.27 bits per heavy atom. The number of nitro groups is 1. The highest BCUT2D eigenvalue weighted by molar-refractivity contribution is 7.99. The predicted molar refractivity (Wildman–Crippen MR) is 116 cm³/mol. The van der Waals surface area contributed by atoms with E-state index in [1.165, 1.54) is 23.9 Å². The number of aromatic nitrogens is 3. The lowest BCUT2D eigenvalue weighted by Gasteiger charge is -2.19. The van der Waals surface area contributed by atoms with Crippen LogP contribution in [0.3, 0.4) is 0 Å². The number of unbranched alkanes of at least 4 members (excludes halogenated alkanes) is 1. The number of ether oxygens (including phenoxy) is 1. The van der Waals surface area contributed by atoms with Gasteiger partial charge in [-0.05, 0) is 18.6 Å². The number of benzene rings is 2. The molecule has 0 amide bonds. The molecular formula is C20H18ClN5O3S. The molecule has 0 aliphatic carbocycles. The predicted octanol–water partition coefficient (Wildman–Crippen LogP) is 5.50. The fraction of sp³-hybridized carbons (Fsp3) is 0.250. The van der Waals surface area contributed by atoms with Crippen LogP contribution >= 0.6 is 23.4 Å². The third-order valence-electron chi connectivity index (χ3n) is 4.53. The molecule has 4 rings (SSSR count). The number of hydrogen-bond donors (Lipinski definition) is 1. The van der Waals surface area contributed by atoms with Gasteiger partial charge in [-0.3, -0.25) is 10.1 Å². The SMILES string of the molecule is CCCCSc1nnc2c(n1)O[C@@H](c1ccc(Cl)c([N+](=O)[O-])c1)Nc1ccccc1-2. The summed E-state index contributed by atoms with van der Waals surface area (Å²) in [5.74, 6) is 1.21. The molecule has 0 saturated carbocycles. The molecule has 1 aromatic heterocycles. The molecule has 2 aromatic carbocycles. The summed E-state index contributed by atoms with van der Waals surface area (Å²) in [6.07, 6.45) is 1.41. The zero-order valence-electron chi connectivity index (χ0n) is 16.0. The molecule has 0 radical (unpaired) electrons. The Morgan fingerprint density at radius 3 is 2.90 bits per heavy atom. The molecule has 0 bridgehead atoms. The van der Waals surface area contributed by atoms with E-state index in [2.05, 4.69) is 27.4 Å². The first-order chi connectivity index (χ1) is 14.6. The van der Waals surface area contributed by atoms with Gasteiger partial charge in [0.1, 0.15) is 5.02 Å². The standard InChI is InChI=1S/C20H18ClN5O3S/c1-2-3-10-30-20-23-19-17(24-25-20)13-6-4-5-7-15(13)22-18(29-19)12-8-9-14(21)16(11-12)26(27)28/h4-9,11,18,22H,2-3,10H2,1H3/t18-/m0/s1. The van der Waals surface area contributed by atoms with Gasteiger partial charge in [0.2, 0.25) is 11.0 Å². The summed E-state index contributed by atoms with van der Waals surface area (Å²) in [7, 11) is 0. The van der Waals surface area contributed by atoms with Crippen molar-refractivity contribution < 1.29 is 9.66 Å². The van der Waals surface area contributed by atoms with E-state index in [1.807, 2.05) is 24.3 Å². The van der Waals surface area contributed by atoms with E-state index < -0.39 is 11.2 Å². The monoisotopic (exact) mass is 443 g/mol. The lowest BCUT2D eigenvalue weighted by molar-refractivity contribution is -0.384. The van der Waals surface area contributed by atoms with E-state index in [0.29, 0.717) is 22.3 Å². The van der Waals surface area contributed by atoms with Gasteiger partial charge in [-0.15, -0.1) is 10.2 Å². The zero-order valence-corrected chi connectivity index (χ0v) is 17.6. The van der Waals surface area contributed by atoms with Crippen LogP contribution < -0.4 is 10.1 Å². The molecule has 2 heterocycles. The Hall–Kier alpha value is -2.91. The van der Waals surface area contributed by atoms with Crippen molar-refractivity contribution in [1.82, 2.24) is 15.2 Å². The molecule has 30 heavy (non-hydrogen) atoms. The molecular weight excluding hydrogens is 426 g/mol. The van der Waals surface area contributed by atoms with E-state index in [9.17, 15) is 10.1 Å². The number of nitrogens with one attached hydrogen (secondary N) is 1. The van der Waals surface area contributed by atoms with Gasteiger partial charge in [-0.2, -0.15) is 4.98 Å². The van der Waals surface area contributed by atoms with Crippen molar-refractivity contribution >= 4 is 34.7 Å². The minimum atomic E-state index is -0.714. The van der Waals surface area contributed by atoms with Crippen molar-refractivity contribution in [2.45, 2.75) is 31.1 Å². The summed E-state index contributed by atoms with van der Waals surface area (Å²) in [5, 5.41) is 23.8. The Labute approximate surface area is 182 Å². The van der Waals surface area contributed by atoms with Crippen molar-refractivity contribution in [1.29, 1.82) is 0 Å². The number of nitro benzene ring substituents is 1. The van der Waals surface area contributed by atoms with Gasteiger partial charge in [0.05, 0.1) is 4.92 Å². The second kappa shape index (κ2) is 8.85. The summed E-state index contributed by atoms with van der Waals surface area (Å²) >= 11 is 7.49. The fourth-order valence-electron chi connectivity index (χ4n) is 3.00. The summed E-state index contributed by atoms with van der Waals surface area (Å²) in [6, 6.07) is 12.1. The normalized spacial score (nSPS) is 14.7. The second-order valence-electron chi connectivity index (χ2n) is 6.61. The molecule has 0 spiro atoms. The van der Waals surface area contributed by atoms with Gasteiger partial charge >= 0.3 is 0 Å². The fourth-order valence-corrected chi connectivity index (χ4v) is 4.05. The highest BCUT2D eigenvalue weighted by Gasteiger charge is 2.27. The molecule has 0 unspecified atom stereocenters. The van der Waals surface area contributed by atoms with E-state index in [0.717, 1.165) is 29.8 Å². The average Bonchev–Trinajstić information content (AvgIpc) is 2.90. The maximum Gasteiger partial charge on any atom is 0.288 e. The largest absolute Gasteiger partial charge is 0.448 e. The highest BCUT2D eigenvalue weighted by Crippen LogP contribution is 2.40. The lowest BCUT2D eigenvalue weighted by Crippen LogP contribution is -2.17. The molecule has 10 heteroatoms. The first-order valence-electron chi connectivity index (χ1n) is 9.40. The maximum absolute atomic E-state index is 11.3. The van der Waals surface area contributed by atoms with Crippen LogP contribution in [0.2, 0.25) is 5.02 Å². The van der Waals surface area contributed by atoms with E-state index in [-0.39, 0.29) is 10.7 Å². The topological polar surface area (TPSA) is 103 Å². The molecule has 1 aliphatic rings. The van der Waals surface area contributed by atoms with Crippen LogP contribution in [0.5, 0.6) is 5.88 Å². The molecule has 1 N–H and O–H groups in total. The summed E-state index contributed by atoms with van der Waals surface area (Å²) in [5.41, 5.74) is 2.44. The number of rotatable bonds is 6. The Morgan fingerprint density at radius 2 is 2.10 bits per heavy atom. The number of fused-ring (bicyclic) bond motifs is 3. The number of hydrogen-bond acceptors (Lipinski definition) is 8. The van der Waals surface area contributed by atoms with Crippen molar-refractivity contribution in [3.63, 3.8) is 0 Å². The van der Waals surface area contributed by atoms with Gasteiger partial charge < -0.3 is 10.1 Å². The van der Waals surface area contributed by atoms with Gasteiger partial charge in [-0.1, -0.05) is 61.0 Å². The van der Waals surface area contributed by atoms with Crippen LogP contribution in [0.4, 0.5) is 11.4 Å². The minimum Gasteiger partial charge on any atom is -0.448 e. The second-order valence-corrected chi connectivity index (χ2v) is 8.08. The van der Waals surface area contributed by atoms with Crippen LogP contribution in [-0.2, 0) is 0 Å². The third kappa shape index (κ3) is 4.17. The molecule has 0 saturated heterocycles. The lowest BCUT2D eigenvalue weighted by atomic mass is 10.1. The zero-order chi connectivity index (χ0) is 21.1. The van der Waals surface area contributed by atoms with Gasteiger partial charge in [0.25, 0.3) is 5.69 Å². The number of halogens is 1. The van der Waals surface area contributed by atoms with Crippen LogP contribution in [0.1, 0.15) is 31.6 Å². The number of anilines is 1. The van der Waals surface area contributed by atoms with Gasteiger partial charge in [0, 0.05) is 28.6 Å². The minimum absolute atomic E-state index is 0.0665. The molecule has 1 atom stereocenters. The van der Waals surface area contributed by atoms with Crippen molar-refractivity contribution in [2.75, 3.05) is 11.1 Å². The Bertz CT molecular complexity index is 1100. The van der Waals surface area contributed by atoms with E-state index in [1.54, 1.807) is 6.07 Å². The maximum atomic E-state index is 11.3. The number of thioether (sulfide) groups is 1. The Balaban J connectivity index is 1.76. The van der Waals surface area contributed by atoms with Crippen LogP contribution in [0, 0.1) is 10.1 Å². The average molecular weight is 444 g/mol. The molecule has 154 valence electrons. The summed E-state index contributed by atoms with van der Waals surface area (Å²) < 4.78 is 6.14. The molecule has 1 aliphatic heterocycles. The van der Waals surface area contributed by atoms with Crippen molar-refractivity contribution in [2.24, 2.45) is 0 Å². The quantitative estimate of drug-likeness (QED) is 0.230.